The van der Waals surface area contributed by atoms with Gasteiger partial charge in [0.25, 0.3) is 0 Å². The predicted molar refractivity (Wildman–Crippen MR) is 95.2 cm³/mol. The standard InChI is InChI=1S/C19H16Cl2N2O/c1-12-14-5-2-4-13(11-22)15(14)8-9-23(12)19(24)10-16-17(20)6-3-7-18(16)21/h2-7,12H,8-10H2,1H3. The van der Waals surface area contributed by atoms with Crippen LogP contribution in [-0.2, 0) is 17.6 Å². The molecule has 1 unspecified atom stereocenters. The van der Waals surface area contributed by atoms with Crippen molar-refractivity contribution in [1.82, 2.24) is 4.90 Å². The minimum atomic E-state index is -0.0733. The highest BCUT2D eigenvalue weighted by Gasteiger charge is 2.29. The van der Waals surface area contributed by atoms with E-state index < -0.39 is 0 Å². The summed E-state index contributed by atoms with van der Waals surface area (Å²) < 4.78 is 0. The SMILES string of the molecule is CC1c2cccc(C#N)c2CCN1C(=O)Cc1c(Cl)cccc1Cl. The smallest absolute Gasteiger partial charge is 0.227 e. The van der Waals surface area contributed by atoms with Gasteiger partial charge in [0.2, 0.25) is 5.91 Å². The highest BCUT2D eigenvalue weighted by atomic mass is 35.5. The summed E-state index contributed by atoms with van der Waals surface area (Å²) in [6, 6.07) is 13.1. The largest absolute Gasteiger partial charge is 0.335 e. The number of fused-ring (bicyclic) bond motifs is 1. The summed E-state index contributed by atoms with van der Waals surface area (Å²) in [6.07, 6.45) is 0.863. The minimum Gasteiger partial charge on any atom is -0.335 e. The van der Waals surface area contributed by atoms with E-state index in [2.05, 4.69) is 6.07 Å². The zero-order valence-corrected chi connectivity index (χ0v) is 14.7. The molecular formula is C19H16Cl2N2O. The molecule has 1 heterocycles. The van der Waals surface area contributed by atoms with Gasteiger partial charge in [0.1, 0.15) is 0 Å². The van der Waals surface area contributed by atoms with Crippen LogP contribution in [0.15, 0.2) is 36.4 Å². The predicted octanol–water partition coefficient (Wildman–Crippen LogP) is 4.55. The van der Waals surface area contributed by atoms with Crippen molar-refractivity contribution in [2.24, 2.45) is 0 Å². The molecule has 1 aliphatic heterocycles. The van der Waals surface area contributed by atoms with Gasteiger partial charge in [-0.15, -0.1) is 0 Å². The Morgan fingerprint density at radius 1 is 1.25 bits per heavy atom. The van der Waals surface area contributed by atoms with Crippen molar-refractivity contribution >= 4 is 29.1 Å². The van der Waals surface area contributed by atoms with Crippen molar-refractivity contribution in [3.05, 3.63) is 68.7 Å². The van der Waals surface area contributed by atoms with Gasteiger partial charge in [0, 0.05) is 16.6 Å². The molecule has 0 fully saturated rings. The first-order valence-electron chi connectivity index (χ1n) is 7.77. The molecule has 1 aliphatic rings. The molecule has 0 radical (unpaired) electrons. The Balaban J connectivity index is 1.86. The van der Waals surface area contributed by atoms with Crippen LogP contribution in [0.1, 0.15) is 35.2 Å². The van der Waals surface area contributed by atoms with E-state index in [1.807, 2.05) is 30.0 Å². The molecule has 3 nitrogen and oxygen atoms in total. The fourth-order valence-corrected chi connectivity index (χ4v) is 3.80. The zero-order valence-electron chi connectivity index (χ0n) is 13.2. The Morgan fingerprint density at radius 3 is 2.58 bits per heavy atom. The lowest BCUT2D eigenvalue weighted by atomic mass is 9.90. The van der Waals surface area contributed by atoms with E-state index in [-0.39, 0.29) is 18.4 Å². The third-order valence-electron chi connectivity index (χ3n) is 4.56. The number of nitriles is 1. The van der Waals surface area contributed by atoms with Crippen LogP contribution in [0.2, 0.25) is 10.0 Å². The van der Waals surface area contributed by atoms with Crippen LogP contribution in [0.25, 0.3) is 0 Å². The maximum absolute atomic E-state index is 12.8. The first-order chi connectivity index (χ1) is 11.5. The van der Waals surface area contributed by atoms with Crippen LogP contribution in [0.4, 0.5) is 0 Å². The van der Waals surface area contributed by atoms with Gasteiger partial charge < -0.3 is 4.90 Å². The van der Waals surface area contributed by atoms with Gasteiger partial charge in [-0.25, -0.2) is 0 Å². The number of nitrogens with zero attached hydrogens (tertiary/aromatic N) is 2. The molecule has 2 aromatic rings. The van der Waals surface area contributed by atoms with Crippen LogP contribution >= 0.6 is 23.2 Å². The maximum atomic E-state index is 12.8. The summed E-state index contributed by atoms with van der Waals surface area (Å²) in [5.74, 6) is -0.00879. The quantitative estimate of drug-likeness (QED) is 0.789. The third kappa shape index (κ3) is 3.00. The maximum Gasteiger partial charge on any atom is 0.227 e. The van der Waals surface area contributed by atoms with Crippen molar-refractivity contribution in [3.8, 4) is 6.07 Å². The van der Waals surface area contributed by atoms with Crippen LogP contribution in [0.3, 0.4) is 0 Å². The number of halogens is 2. The average molecular weight is 359 g/mol. The van der Waals surface area contributed by atoms with E-state index >= 15 is 0 Å². The Bertz CT molecular complexity index is 821. The van der Waals surface area contributed by atoms with Crippen LogP contribution < -0.4 is 0 Å². The highest BCUT2D eigenvalue weighted by molar-refractivity contribution is 6.36. The second-order valence-corrected chi connectivity index (χ2v) is 6.69. The van der Waals surface area contributed by atoms with Crippen LogP contribution in [0, 0.1) is 11.3 Å². The van der Waals surface area contributed by atoms with Crippen molar-refractivity contribution in [2.45, 2.75) is 25.8 Å². The molecule has 0 N–H and O–H groups in total. The molecule has 5 heteroatoms. The second kappa shape index (κ2) is 6.84. The molecule has 0 saturated carbocycles. The number of carbonyl (C=O) groups is 1. The van der Waals surface area contributed by atoms with Gasteiger partial charge in [0.15, 0.2) is 0 Å². The second-order valence-electron chi connectivity index (χ2n) is 5.88. The molecule has 2 aromatic carbocycles. The fraction of sp³-hybridized carbons (Fsp3) is 0.263. The molecule has 0 spiro atoms. The van der Waals surface area contributed by atoms with Crippen molar-refractivity contribution < 1.29 is 4.79 Å². The summed E-state index contributed by atoms with van der Waals surface area (Å²) in [5, 5.41) is 10.3. The number of rotatable bonds is 2. The van der Waals surface area contributed by atoms with Gasteiger partial charge in [0.05, 0.1) is 24.1 Å². The first-order valence-corrected chi connectivity index (χ1v) is 8.52. The molecular weight excluding hydrogens is 343 g/mol. The molecule has 1 amide bonds. The first kappa shape index (κ1) is 16.8. The van der Waals surface area contributed by atoms with Crippen molar-refractivity contribution in [1.29, 1.82) is 5.26 Å². The van der Waals surface area contributed by atoms with Gasteiger partial charge in [-0.3, -0.25) is 4.79 Å². The summed E-state index contributed by atoms with van der Waals surface area (Å²) in [5.41, 5.74) is 3.45. The number of carbonyl (C=O) groups excluding carboxylic acids is 1. The molecule has 3 rings (SSSR count). The minimum absolute atomic E-state index is 0.00879. The van der Waals surface area contributed by atoms with E-state index in [4.69, 9.17) is 23.2 Å². The molecule has 0 aliphatic carbocycles. The lowest BCUT2D eigenvalue weighted by molar-refractivity contribution is -0.133. The summed E-state index contributed by atoms with van der Waals surface area (Å²) in [7, 11) is 0. The van der Waals surface area contributed by atoms with Crippen LogP contribution in [0.5, 0.6) is 0 Å². The highest BCUT2D eigenvalue weighted by Crippen LogP contribution is 2.32. The van der Waals surface area contributed by atoms with Gasteiger partial charge >= 0.3 is 0 Å². The summed E-state index contributed by atoms with van der Waals surface area (Å²) >= 11 is 12.4. The summed E-state index contributed by atoms with van der Waals surface area (Å²) in [6.45, 7) is 2.58. The molecule has 0 bridgehead atoms. The van der Waals surface area contributed by atoms with Gasteiger partial charge in [-0.05, 0) is 48.2 Å². The number of benzene rings is 2. The normalized spacial score (nSPS) is 16.4. The Morgan fingerprint density at radius 2 is 1.92 bits per heavy atom. The lowest BCUT2D eigenvalue weighted by Gasteiger charge is -2.36. The molecule has 0 saturated heterocycles. The monoisotopic (exact) mass is 358 g/mol. The van der Waals surface area contributed by atoms with Crippen molar-refractivity contribution in [3.63, 3.8) is 0 Å². The lowest BCUT2D eigenvalue weighted by Crippen LogP contribution is -2.40. The number of hydrogen-bond acceptors (Lipinski definition) is 2. The third-order valence-corrected chi connectivity index (χ3v) is 5.27. The molecule has 1 atom stereocenters. The van der Waals surface area contributed by atoms with Crippen molar-refractivity contribution in [2.75, 3.05) is 6.54 Å². The van der Waals surface area contributed by atoms with Crippen LogP contribution in [-0.4, -0.2) is 17.4 Å². The number of amides is 1. The topological polar surface area (TPSA) is 44.1 Å². The van der Waals surface area contributed by atoms with E-state index in [1.54, 1.807) is 18.2 Å². The summed E-state index contributed by atoms with van der Waals surface area (Å²) in [4.78, 5) is 14.6. The van der Waals surface area contributed by atoms with Gasteiger partial charge in [-0.2, -0.15) is 5.26 Å². The molecule has 24 heavy (non-hydrogen) atoms. The Hall–Kier alpha value is -2.02. The van der Waals surface area contributed by atoms with E-state index in [0.29, 0.717) is 34.1 Å². The van der Waals surface area contributed by atoms with E-state index in [9.17, 15) is 10.1 Å². The Labute approximate surface area is 151 Å². The fourth-order valence-electron chi connectivity index (χ4n) is 3.27. The molecule has 0 aromatic heterocycles. The van der Waals surface area contributed by atoms with E-state index in [0.717, 1.165) is 11.1 Å². The average Bonchev–Trinajstić information content (AvgIpc) is 2.58. The Kier molecular flexibility index (Phi) is 4.80. The molecule has 122 valence electrons. The number of hydrogen-bond donors (Lipinski definition) is 0. The van der Waals surface area contributed by atoms with Gasteiger partial charge in [-0.1, -0.05) is 41.4 Å². The van der Waals surface area contributed by atoms with E-state index in [1.165, 1.54) is 0 Å². The zero-order chi connectivity index (χ0) is 17.3.